The van der Waals surface area contributed by atoms with Gasteiger partial charge in [0.2, 0.25) is 0 Å². The Kier molecular flexibility index (Phi) is 29.8. The number of hydrogen-bond donors (Lipinski definition) is 1. The van der Waals surface area contributed by atoms with Gasteiger partial charge in [0.15, 0.2) is 0 Å². The molecule has 0 aromatic carbocycles. The van der Waals surface area contributed by atoms with Crippen molar-refractivity contribution in [2.75, 3.05) is 26.4 Å². The lowest BCUT2D eigenvalue weighted by atomic mass is 10.1. The monoisotopic (exact) mass is 470 g/mol. The van der Waals surface area contributed by atoms with E-state index in [4.69, 9.17) is 9.47 Å². The molecule has 0 fully saturated rings. The van der Waals surface area contributed by atoms with Crippen molar-refractivity contribution in [3.8, 4) is 0 Å². The standard InChI is InChI=1S/C30H62O3/c1-3-5-7-9-11-13-15-17-19-21-23-25-27-33-30(28-31)29-32-26-24-22-20-18-16-14-12-10-8-6-4-2/h30-31H,3-29H2,1-2H3. The molecule has 0 rings (SSSR count). The van der Waals surface area contributed by atoms with Gasteiger partial charge in [-0.25, -0.2) is 0 Å². The topological polar surface area (TPSA) is 38.7 Å². The summed E-state index contributed by atoms with van der Waals surface area (Å²) in [6, 6.07) is 0. The minimum absolute atomic E-state index is 0.0660. The Morgan fingerprint density at radius 2 is 0.788 bits per heavy atom. The lowest BCUT2D eigenvalue weighted by Gasteiger charge is -2.15. The van der Waals surface area contributed by atoms with Crippen molar-refractivity contribution in [2.45, 2.75) is 168 Å². The number of unbranched alkanes of at least 4 members (excludes halogenated alkanes) is 21. The van der Waals surface area contributed by atoms with Crippen LogP contribution in [0.4, 0.5) is 0 Å². The van der Waals surface area contributed by atoms with Gasteiger partial charge in [0.05, 0.1) is 13.2 Å². The summed E-state index contributed by atoms with van der Waals surface area (Å²) < 4.78 is 11.6. The molecule has 0 heterocycles. The summed E-state index contributed by atoms with van der Waals surface area (Å²) in [7, 11) is 0. The highest BCUT2D eigenvalue weighted by Gasteiger charge is 2.07. The SMILES string of the molecule is CCCCCCCCCCCCCCOC(CO)COCCCCCCCCCCCCC. The van der Waals surface area contributed by atoms with Crippen LogP contribution in [0.3, 0.4) is 0 Å². The van der Waals surface area contributed by atoms with Crippen LogP contribution in [0.5, 0.6) is 0 Å². The van der Waals surface area contributed by atoms with Crippen LogP contribution in [0.1, 0.15) is 162 Å². The first kappa shape index (κ1) is 32.9. The number of aliphatic hydroxyl groups excluding tert-OH is 1. The Bertz CT molecular complexity index is 305. The summed E-state index contributed by atoms with van der Waals surface area (Å²) >= 11 is 0. The van der Waals surface area contributed by atoms with Crippen LogP contribution >= 0.6 is 0 Å². The van der Waals surface area contributed by atoms with Crippen molar-refractivity contribution in [1.29, 1.82) is 0 Å². The molecule has 0 spiro atoms. The molecule has 0 aliphatic rings. The number of rotatable bonds is 29. The highest BCUT2D eigenvalue weighted by atomic mass is 16.5. The molecule has 0 amide bonds. The first-order valence-corrected chi connectivity index (χ1v) is 15.1. The maximum atomic E-state index is 9.50. The second-order valence-corrected chi connectivity index (χ2v) is 10.2. The van der Waals surface area contributed by atoms with Gasteiger partial charge < -0.3 is 14.6 Å². The summed E-state index contributed by atoms with van der Waals surface area (Å²) in [5.41, 5.74) is 0. The quantitative estimate of drug-likeness (QED) is 0.111. The number of aliphatic hydroxyl groups is 1. The Hall–Kier alpha value is -0.120. The van der Waals surface area contributed by atoms with Crippen LogP contribution in [0.15, 0.2) is 0 Å². The number of ether oxygens (including phenoxy) is 2. The Morgan fingerprint density at radius 3 is 1.15 bits per heavy atom. The fourth-order valence-electron chi connectivity index (χ4n) is 4.43. The minimum atomic E-state index is -0.148. The summed E-state index contributed by atoms with van der Waals surface area (Å²) in [6.45, 7) is 6.72. The van der Waals surface area contributed by atoms with Crippen molar-refractivity contribution in [1.82, 2.24) is 0 Å². The van der Waals surface area contributed by atoms with Crippen LogP contribution < -0.4 is 0 Å². The predicted molar refractivity (Wildman–Crippen MR) is 145 cm³/mol. The molecule has 1 atom stereocenters. The van der Waals surface area contributed by atoms with E-state index in [1.54, 1.807) is 0 Å². The summed E-state index contributed by atoms with van der Waals surface area (Å²) in [6.07, 6.45) is 31.1. The molecule has 0 bridgehead atoms. The maximum Gasteiger partial charge on any atom is 0.104 e. The first-order valence-electron chi connectivity index (χ1n) is 15.1. The zero-order valence-corrected chi connectivity index (χ0v) is 22.9. The third-order valence-corrected chi connectivity index (χ3v) is 6.75. The molecule has 0 saturated heterocycles. The molecule has 200 valence electrons. The highest BCUT2D eigenvalue weighted by Crippen LogP contribution is 2.13. The van der Waals surface area contributed by atoms with Gasteiger partial charge in [0.1, 0.15) is 6.10 Å². The number of hydrogen-bond acceptors (Lipinski definition) is 3. The van der Waals surface area contributed by atoms with Gasteiger partial charge in [-0.2, -0.15) is 0 Å². The fraction of sp³-hybridized carbons (Fsp3) is 1.00. The molecule has 0 aliphatic carbocycles. The van der Waals surface area contributed by atoms with Gasteiger partial charge in [-0.15, -0.1) is 0 Å². The second-order valence-electron chi connectivity index (χ2n) is 10.2. The minimum Gasteiger partial charge on any atom is -0.394 e. The molecule has 0 aromatic heterocycles. The van der Waals surface area contributed by atoms with E-state index in [0.717, 1.165) is 26.1 Å². The highest BCUT2D eigenvalue weighted by molar-refractivity contribution is 4.55. The van der Waals surface area contributed by atoms with E-state index >= 15 is 0 Å². The zero-order valence-electron chi connectivity index (χ0n) is 22.9. The smallest absolute Gasteiger partial charge is 0.104 e. The molecular weight excluding hydrogens is 408 g/mol. The molecule has 0 aliphatic heterocycles. The van der Waals surface area contributed by atoms with Crippen molar-refractivity contribution in [2.24, 2.45) is 0 Å². The third-order valence-electron chi connectivity index (χ3n) is 6.75. The Morgan fingerprint density at radius 1 is 0.455 bits per heavy atom. The van der Waals surface area contributed by atoms with Crippen LogP contribution in [0, 0.1) is 0 Å². The average molecular weight is 471 g/mol. The Labute approximate surface area is 208 Å². The summed E-state index contributed by atoms with van der Waals surface area (Å²) in [4.78, 5) is 0. The lowest BCUT2D eigenvalue weighted by molar-refractivity contribution is -0.0437. The normalized spacial score (nSPS) is 12.5. The van der Waals surface area contributed by atoms with Gasteiger partial charge in [-0.3, -0.25) is 0 Å². The van der Waals surface area contributed by atoms with Gasteiger partial charge in [0, 0.05) is 13.2 Å². The van der Waals surface area contributed by atoms with E-state index in [9.17, 15) is 5.11 Å². The summed E-state index contributed by atoms with van der Waals surface area (Å²) in [5.74, 6) is 0. The van der Waals surface area contributed by atoms with E-state index < -0.39 is 0 Å². The van der Waals surface area contributed by atoms with Crippen LogP contribution in [0.2, 0.25) is 0 Å². The third kappa shape index (κ3) is 28.0. The van der Waals surface area contributed by atoms with Crippen molar-refractivity contribution >= 4 is 0 Å². The second kappa shape index (κ2) is 29.9. The average Bonchev–Trinajstić information content (AvgIpc) is 2.83. The lowest BCUT2D eigenvalue weighted by Crippen LogP contribution is -2.24. The van der Waals surface area contributed by atoms with Gasteiger partial charge in [0.25, 0.3) is 0 Å². The largest absolute Gasteiger partial charge is 0.394 e. The van der Waals surface area contributed by atoms with E-state index in [2.05, 4.69) is 13.8 Å². The maximum absolute atomic E-state index is 9.50. The molecule has 3 nitrogen and oxygen atoms in total. The van der Waals surface area contributed by atoms with E-state index in [0.29, 0.717) is 6.61 Å². The van der Waals surface area contributed by atoms with E-state index in [1.165, 1.54) is 135 Å². The summed E-state index contributed by atoms with van der Waals surface area (Å²) in [5, 5.41) is 9.50. The molecule has 0 aromatic rings. The van der Waals surface area contributed by atoms with Gasteiger partial charge in [-0.1, -0.05) is 149 Å². The van der Waals surface area contributed by atoms with Crippen molar-refractivity contribution in [3.63, 3.8) is 0 Å². The van der Waals surface area contributed by atoms with Crippen LogP contribution in [0.25, 0.3) is 0 Å². The molecule has 3 heteroatoms. The molecule has 1 unspecified atom stereocenters. The first-order chi connectivity index (χ1) is 16.3. The molecule has 33 heavy (non-hydrogen) atoms. The molecule has 1 N–H and O–H groups in total. The molecule has 0 saturated carbocycles. The van der Waals surface area contributed by atoms with Crippen molar-refractivity contribution < 1.29 is 14.6 Å². The van der Waals surface area contributed by atoms with Crippen molar-refractivity contribution in [3.05, 3.63) is 0 Å². The van der Waals surface area contributed by atoms with E-state index in [-0.39, 0.29) is 12.7 Å². The van der Waals surface area contributed by atoms with Gasteiger partial charge >= 0.3 is 0 Å². The van der Waals surface area contributed by atoms with Crippen LogP contribution in [-0.2, 0) is 9.47 Å². The van der Waals surface area contributed by atoms with Crippen LogP contribution in [-0.4, -0.2) is 37.6 Å². The fourth-order valence-corrected chi connectivity index (χ4v) is 4.43. The zero-order chi connectivity index (χ0) is 24.1. The van der Waals surface area contributed by atoms with Gasteiger partial charge in [-0.05, 0) is 12.8 Å². The predicted octanol–water partition coefficient (Wildman–Crippen LogP) is 9.39. The Balaban J connectivity index is 3.26. The van der Waals surface area contributed by atoms with E-state index in [1.807, 2.05) is 0 Å². The molecular formula is C30H62O3. The molecule has 0 radical (unpaired) electrons.